The van der Waals surface area contributed by atoms with Crippen LogP contribution in [0.5, 0.6) is 0 Å². The van der Waals surface area contributed by atoms with Gasteiger partial charge in [0, 0.05) is 0 Å². The number of rotatable bonds is 2. The van der Waals surface area contributed by atoms with Gasteiger partial charge in [0.05, 0.1) is 10.7 Å². The zero-order valence-corrected chi connectivity index (χ0v) is 9.07. The van der Waals surface area contributed by atoms with E-state index in [0.29, 0.717) is 0 Å². The van der Waals surface area contributed by atoms with Gasteiger partial charge in [-0.15, -0.1) is 0 Å². The summed E-state index contributed by atoms with van der Waals surface area (Å²) in [7, 11) is 0. The molecule has 0 fully saturated rings. The summed E-state index contributed by atoms with van der Waals surface area (Å²) in [6, 6.07) is 0. The molecule has 0 saturated carbocycles. The Morgan fingerprint density at radius 3 is 1.83 bits per heavy atom. The molecular weight excluding hydrogens is 170 g/mol. The maximum atomic E-state index is 4.49. The average Bonchev–Trinajstić information content (AvgIpc) is 1.83. The molecule has 0 aliphatic rings. The molecular formula is C8H15N3S. The lowest BCUT2D eigenvalue weighted by atomic mass is 10.1. The molecule has 0 atom stereocenters. The number of aliphatic imine (C=N–C) groups is 1. The third-order valence-corrected chi connectivity index (χ3v) is 1.01. The maximum Gasteiger partial charge on any atom is 0.174 e. The molecule has 12 heavy (non-hydrogen) atoms. The largest absolute Gasteiger partial charge is 0.201 e. The van der Waals surface area contributed by atoms with Crippen LogP contribution in [0.25, 0.3) is 0 Å². The van der Waals surface area contributed by atoms with E-state index in [1.165, 1.54) is 0 Å². The molecule has 0 heterocycles. The standard InChI is InChI=1S/C8H15N3S/c1-7(2,3)10-11-8(4,5)9-6-12/h1-5H3. The highest BCUT2D eigenvalue weighted by Crippen LogP contribution is 2.15. The summed E-state index contributed by atoms with van der Waals surface area (Å²) in [6.45, 7) is 9.61. The van der Waals surface area contributed by atoms with Gasteiger partial charge in [-0.1, -0.05) is 0 Å². The number of azo groups is 1. The molecule has 0 aromatic rings. The maximum absolute atomic E-state index is 4.49. The summed E-state index contributed by atoms with van der Waals surface area (Å²) in [4.78, 5) is 3.86. The van der Waals surface area contributed by atoms with Gasteiger partial charge in [-0.25, -0.2) is 4.99 Å². The first-order valence-electron chi connectivity index (χ1n) is 3.80. The molecule has 0 N–H and O–H groups in total. The smallest absolute Gasteiger partial charge is 0.174 e. The van der Waals surface area contributed by atoms with Crippen molar-refractivity contribution in [3.8, 4) is 0 Å². The fourth-order valence-corrected chi connectivity index (χ4v) is 0.630. The van der Waals surface area contributed by atoms with Crippen molar-refractivity contribution in [3.05, 3.63) is 0 Å². The van der Waals surface area contributed by atoms with Crippen molar-refractivity contribution in [1.29, 1.82) is 0 Å². The third-order valence-electron chi connectivity index (χ3n) is 0.914. The van der Waals surface area contributed by atoms with E-state index in [1.807, 2.05) is 34.6 Å². The van der Waals surface area contributed by atoms with Crippen LogP contribution in [0.2, 0.25) is 0 Å². The Bertz CT molecular complexity index is 219. The molecule has 0 spiro atoms. The Hall–Kier alpha value is -0.600. The highest BCUT2D eigenvalue weighted by molar-refractivity contribution is 7.78. The molecule has 0 aliphatic carbocycles. The fourth-order valence-electron chi connectivity index (χ4n) is 0.406. The second kappa shape index (κ2) is 3.87. The summed E-state index contributed by atoms with van der Waals surface area (Å²) >= 11 is 4.49. The van der Waals surface area contributed by atoms with Crippen LogP contribution in [0.1, 0.15) is 34.6 Å². The lowest BCUT2D eigenvalue weighted by Crippen LogP contribution is -2.15. The normalized spacial score (nSPS) is 13.1. The molecule has 0 saturated heterocycles. The summed E-state index contributed by atoms with van der Waals surface area (Å²) in [5, 5.41) is 10.4. The van der Waals surface area contributed by atoms with E-state index in [1.54, 1.807) is 0 Å². The Morgan fingerprint density at radius 1 is 1.00 bits per heavy atom. The lowest BCUT2D eigenvalue weighted by molar-refractivity contribution is 0.454. The number of hydrogen-bond donors (Lipinski definition) is 0. The predicted octanol–water partition coefficient (Wildman–Crippen LogP) is 3.08. The zero-order valence-electron chi connectivity index (χ0n) is 8.25. The van der Waals surface area contributed by atoms with Gasteiger partial charge in [0.2, 0.25) is 0 Å². The molecule has 0 unspecified atom stereocenters. The van der Waals surface area contributed by atoms with Crippen molar-refractivity contribution in [2.45, 2.75) is 45.8 Å². The molecule has 0 bridgehead atoms. The van der Waals surface area contributed by atoms with Gasteiger partial charge in [-0.3, -0.25) is 0 Å². The molecule has 0 aliphatic heterocycles. The quantitative estimate of drug-likeness (QED) is 0.370. The van der Waals surface area contributed by atoms with Crippen LogP contribution < -0.4 is 0 Å². The minimum Gasteiger partial charge on any atom is -0.201 e. The first-order valence-corrected chi connectivity index (χ1v) is 4.21. The van der Waals surface area contributed by atoms with E-state index in [-0.39, 0.29) is 5.54 Å². The number of thiocarbonyl (C=S) groups is 1. The number of nitrogens with zero attached hydrogens (tertiary/aromatic N) is 3. The van der Waals surface area contributed by atoms with E-state index in [9.17, 15) is 0 Å². The Morgan fingerprint density at radius 2 is 1.50 bits per heavy atom. The molecule has 4 heteroatoms. The molecule has 0 aromatic carbocycles. The van der Waals surface area contributed by atoms with Crippen LogP contribution in [-0.2, 0) is 0 Å². The van der Waals surface area contributed by atoms with Gasteiger partial charge >= 0.3 is 0 Å². The Labute approximate surface area is 79.0 Å². The monoisotopic (exact) mass is 185 g/mol. The van der Waals surface area contributed by atoms with Crippen LogP contribution in [0, 0.1) is 0 Å². The van der Waals surface area contributed by atoms with Crippen LogP contribution in [0.4, 0.5) is 0 Å². The van der Waals surface area contributed by atoms with Gasteiger partial charge in [0.15, 0.2) is 5.66 Å². The van der Waals surface area contributed by atoms with Gasteiger partial charge in [0.1, 0.15) is 0 Å². The first kappa shape index (κ1) is 11.4. The van der Waals surface area contributed by atoms with Crippen molar-refractivity contribution in [2.75, 3.05) is 0 Å². The van der Waals surface area contributed by atoms with E-state index in [4.69, 9.17) is 0 Å². The van der Waals surface area contributed by atoms with E-state index in [2.05, 4.69) is 32.6 Å². The van der Waals surface area contributed by atoms with Gasteiger partial charge in [0.25, 0.3) is 0 Å². The van der Waals surface area contributed by atoms with Crippen LogP contribution in [0.3, 0.4) is 0 Å². The van der Waals surface area contributed by atoms with E-state index >= 15 is 0 Å². The second-order valence-corrected chi connectivity index (χ2v) is 4.25. The van der Waals surface area contributed by atoms with Crippen molar-refractivity contribution < 1.29 is 0 Å². The molecule has 0 amide bonds. The molecule has 0 aromatic heterocycles. The molecule has 0 radical (unpaired) electrons. The van der Waals surface area contributed by atoms with Crippen molar-refractivity contribution in [3.63, 3.8) is 0 Å². The fraction of sp³-hybridized carbons (Fsp3) is 0.875. The third kappa shape index (κ3) is 6.13. The highest BCUT2D eigenvalue weighted by Gasteiger charge is 2.15. The van der Waals surface area contributed by atoms with E-state index < -0.39 is 5.66 Å². The predicted molar refractivity (Wildman–Crippen MR) is 53.7 cm³/mol. The highest BCUT2D eigenvalue weighted by atomic mass is 32.1. The summed E-state index contributed by atoms with van der Waals surface area (Å²) in [5.74, 6) is 0. The molecule has 0 rings (SSSR count). The lowest BCUT2D eigenvalue weighted by Gasteiger charge is -2.14. The van der Waals surface area contributed by atoms with Crippen LogP contribution in [0.15, 0.2) is 15.2 Å². The van der Waals surface area contributed by atoms with Gasteiger partial charge in [-0.2, -0.15) is 10.2 Å². The SMILES string of the molecule is CC(C)(C)N=NC(C)(C)N=C=S. The minimum absolute atomic E-state index is 0.158. The Kier molecular flexibility index (Phi) is 3.68. The van der Waals surface area contributed by atoms with Crippen molar-refractivity contribution >= 4 is 17.4 Å². The van der Waals surface area contributed by atoms with Gasteiger partial charge in [-0.05, 0) is 46.8 Å². The van der Waals surface area contributed by atoms with Crippen LogP contribution >= 0.6 is 12.2 Å². The summed E-state index contributed by atoms with van der Waals surface area (Å²) in [5.41, 5.74) is -0.733. The zero-order chi connectivity index (χ0) is 9.83. The minimum atomic E-state index is -0.574. The van der Waals surface area contributed by atoms with Crippen LogP contribution in [-0.4, -0.2) is 16.4 Å². The first-order chi connectivity index (χ1) is 5.27. The van der Waals surface area contributed by atoms with Crippen molar-refractivity contribution in [2.24, 2.45) is 15.2 Å². The Balaban J connectivity index is 4.43. The summed E-state index contributed by atoms with van der Waals surface area (Å²) in [6.07, 6.45) is 0. The number of isothiocyanates is 1. The summed E-state index contributed by atoms with van der Waals surface area (Å²) < 4.78 is 0. The van der Waals surface area contributed by atoms with Gasteiger partial charge < -0.3 is 0 Å². The second-order valence-electron chi connectivity index (χ2n) is 4.07. The molecule has 3 nitrogen and oxygen atoms in total. The number of hydrogen-bond acceptors (Lipinski definition) is 4. The molecule has 68 valence electrons. The van der Waals surface area contributed by atoms with Crippen molar-refractivity contribution in [1.82, 2.24) is 0 Å². The topological polar surface area (TPSA) is 37.1 Å². The average molecular weight is 185 g/mol. The van der Waals surface area contributed by atoms with E-state index in [0.717, 1.165) is 0 Å².